The number of carbonyl (C=O) groups excluding carboxylic acids is 2. The molecule has 2 amide bonds. The molecule has 1 aromatic rings. The zero-order valence-corrected chi connectivity index (χ0v) is 11.5. The molecule has 0 heterocycles. The van der Waals surface area contributed by atoms with Gasteiger partial charge in [0.05, 0.1) is 6.04 Å². The lowest BCUT2D eigenvalue weighted by Gasteiger charge is -2.08. The zero-order chi connectivity index (χ0) is 15.0. The van der Waals surface area contributed by atoms with Crippen molar-refractivity contribution in [3.63, 3.8) is 0 Å². The van der Waals surface area contributed by atoms with Gasteiger partial charge in [0.2, 0.25) is 5.91 Å². The van der Waals surface area contributed by atoms with Crippen LogP contribution in [0.4, 0.5) is 0 Å². The van der Waals surface area contributed by atoms with Crippen molar-refractivity contribution in [3.8, 4) is 0 Å². The van der Waals surface area contributed by atoms with Gasteiger partial charge in [-0.3, -0.25) is 9.59 Å². The molecule has 0 aliphatic carbocycles. The summed E-state index contributed by atoms with van der Waals surface area (Å²) >= 11 is 0. The van der Waals surface area contributed by atoms with Crippen molar-refractivity contribution >= 4 is 11.8 Å². The number of hydrogen-bond acceptors (Lipinski definition) is 4. The van der Waals surface area contributed by atoms with E-state index in [9.17, 15) is 9.59 Å². The van der Waals surface area contributed by atoms with E-state index in [1.807, 2.05) is 12.1 Å². The van der Waals surface area contributed by atoms with Crippen LogP contribution in [-0.4, -0.2) is 24.4 Å². The number of carbonyl (C=O) groups is 2. The summed E-state index contributed by atoms with van der Waals surface area (Å²) in [5.41, 5.74) is 17.6. The molecule has 0 saturated carbocycles. The SMILES string of the molecule is NCc1ccc(C(=O)NCCCCC(N)C(N)=O)cc1. The highest BCUT2D eigenvalue weighted by atomic mass is 16.2. The van der Waals surface area contributed by atoms with Crippen molar-refractivity contribution in [3.05, 3.63) is 35.4 Å². The summed E-state index contributed by atoms with van der Waals surface area (Å²) in [5, 5.41) is 2.81. The van der Waals surface area contributed by atoms with Crippen LogP contribution in [-0.2, 0) is 11.3 Å². The first-order valence-electron chi connectivity index (χ1n) is 6.66. The van der Waals surface area contributed by atoms with Gasteiger partial charge in [-0.2, -0.15) is 0 Å². The molecule has 1 unspecified atom stereocenters. The summed E-state index contributed by atoms with van der Waals surface area (Å²) in [7, 11) is 0. The molecule has 0 bridgehead atoms. The Bertz CT molecular complexity index is 445. The first-order chi connectivity index (χ1) is 9.54. The second-order valence-corrected chi connectivity index (χ2v) is 4.66. The Morgan fingerprint density at radius 2 is 1.80 bits per heavy atom. The van der Waals surface area contributed by atoms with E-state index in [0.717, 1.165) is 18.4 Å². The molecular formula is C14H22N4O2. The van der Waals surface area contributed by atoms with E-state index in [1.165, 1.54) is 0 Å². The second kappa shape index (κ2) is 8.29. The number of unbranched alkanes of at least 4 members (excludes halogenated alkanes) is 1. The van der Waals surface area contributed by atoms with Gasteiger partial charge in [-0.1, -0.05) is 12.1 Å². The Hall–Kier alpha value is -1.92. The smallest absolute Gasteiger partial charge is 0.251 e. The first kappa shape index (κ1) is 16.1. The van der Waals surface area contributed by atoms with Crippen LogP contribution in [0.1, 0.15) is 35.2 Å². The standard InChI is InChI=1S/C14H22N4O2/c15-9-10-4-6-11(7-5-10)14(20)18-8-2-1-3-12(16)13(17)19/h4-7,12H,1-3,8-9,15-16H2,(H2,17,19)(H,18,20). The molecule has 1 atom stereocenters. The Kier molecular flexibility index (Phi) is 6.69. The summed E-state index contributed by atoms with van der Waals surface area (Å²) in [6.07, 6.45) is 2.04. The Labute approximate surface area is 118 Å². The van der Waals surface area contributed by atoms with Crippen LogP contribution in [0.15, 0.2) is 24.3 Å². The van der Waals surface area contributed by atoms with Gasteiger partial charge in [0.25, 0.3) is 5.91 Å². The molecule has 0 aliphatic rings. The predicted molar refractivity (Wildman–Crippen MR) is 77.7 cm³/mol. The van der Waals surface area contributed by atoms with E-state index in [2.05, 4.69) is 5.32 Å². The second-order valence-electron chi connectivity index (χ2n) is 4.66. The maximum Gasteiger partial charge on any atom is 0.251 e. The quantitative estimate of drug-likeness (QED) is 0.494. The third-order valence-corrected chi connectivity index (χ3v) is 3.04. The van der Waals surface area contributed by atoms with Crippen LogP contribution >= 0.6 is 0 Å². The molecule has 0 spiro atoms. The third-order valence-electron chi connectivity index (χ3n) is 3.04. The summed E-state index contributed by atoms with van der Waals surface area (Å²) in [6, 6.07) is 6.57. The maximum absolute atomic E-state index is 11.8. The average Bonchev–Trinajstić information content (AvgIpc) is 2.46. The molecule has 0 aliphatic heterocycles. The highest BCUT2D eigenvalue weighted by Crippen LogP contribution is 2.04. The normalized spacial score (nSPS) is 11.9. The molecule has 7 N–H and O–H groups in total. The molecule has 20 heavy (non-hydrogen) atoms. The number of rotatable bonds is 8. The lowest BCUT2D eigenvalue weighted by atomic mass is 10.1. The van der Waals surface area contributed by atoms with Crippen molar-refractivity contribution in [1.82, 2.24) is 5.32 Å². The Balaban J connectivity index is 2.24. The molecule has 110 valence electrons. The third kappa shape index (κ3) is 5.38. The highest BCUT2D eigenvalue weighted by Gasteiger charge is 2.08. The number of benzene rings is 1. The number of nitrogens with one attached hydrogen (secondary N) is 1. The van der Waals surface area contributed by atoms with Gasteiger partial charge in [0.15, 0.2) is 0 Å². The molecule has 0 fully saturated rings. The van der Waals surface area contributed by atoms with Gasteiger partial charge in [0.1, 0.15) is 0 Å². The van der Waals surface area contributed by atoms with Crippen LogP contribution in [0.2, 0.25) is 0 Å². The molecule has 1 aromatic carbocycles. The van der Waals surface area contributed by atoms with Crippen molar-refractivity contribution in [2.45, 2.75) is 31.8 Å². The number of primary amides is 1. The van der Waals surface area contributed by atoms with Crippen LogP contribution in [0.5, 0.6) is 0 Å². The molecule has 1 rings (SSSR count). The fourth-order valence-electron chi connectivity index (χ4n) is 1.73. The highest BCUT2D eigenvalue weighted by molar-refractivity contribution is 5.94. The van der Waals surface area contributed by atoms with E-state index < -0.39 is 11.9 Å². The minimum absolute atomic E-state index is 0.118. The fourth-order valence-corrected chi connectivity index (χ4v) is 1.73. The number of nitrogens with two attached hydrogens (primary N) is 3. The van der Waals surface area contributed by atoms with Gasteiger partial charge in [-0.25, -0.2) is 0 Å². The van der Waals surface area contributed by atoms with Gasteiger partial charge in [-0.05, 0) is 37.0 Å². The molecule has 0 saturated heterocycles. The topological polar surface area (TPSA) is 124 Å². The van der Waals surface area contributed by atoms with Crippen molar-refractivity contribution < 1.29 is 9.59 Å². The van der Waals surface area contributed by atoms with E-state index in [-0.39, 0.29) is 5.91 Å². The van der Waals surface area contributed by atoms with Gasteiger partial charge >= 0.3 is 0 Å². The first-order valence-corrected chi connectivity index (χ1v) is 6.66. The number of hydrogen-bond donors (Lipinski definition) is 4. The molecule has 6 nitrogen and oxygen atoms in total. The van der Waals surface area contributed by atoms with Crippen molar-refractivity contribution in [2.75, 3.05) is 6.54 Å². The van der Waals surface area contributed by atoms with Gasteiger partial charge in [0, 0.05) is 18.7 Å². The van der Waals surface area contributed by atoms with E-state index in [4.69, 9.17) is 17.2 Å². The largest absolute Gasteiger partial charge is 0.368 e. The van der Waals surface area contributed by atoms with Crippen LogP contribution in [0, 0.1) is 0 Å². The zero-order valence-electron chi connectivity index (χ0n) is 11.5. The lowest BCUT2D eigenvalue weighted by molar-refractivity contribution is -0.119. The lowest BCUT2D eigenvalue weighted by Crippen LogP contribution is -2.36. The van der Waals surface area contributed by atoms with E-state index in [1.54, 1.807) is 12.1 Å². The predicted octanol–water partition coefficient (Wildman–Crippen LogP) is -0.142. The fraction of sp³-hybridized carbons (Fsp3) is 0.429. The van der Waals surface area contributed by atoms with Gasteiger partial charge in [-0.15, -0.1) is 0 Å². The van der Waals surface area contributed by atoms with Crippen molar-refractivity contribution in [1.29, 1.82) is 0 Å². The molecule has 0 radical (unpaired) electrons. The van der Waals surface area contributed by atoms with E-state index in [0.29, 0.717) is 25.1 Å². The summed E-state index contributed by atoms with van der Waals surface area (Å²) < 4.78 is 0. The Morgan fingerprint density at radius 1 is 1.15 bits per heavy atom. The summed E-state index contributed by atoms with van der Waals surface area (Å²) in [6.45, 7) is 1.00. The molecule has 0 aromatic heterocycles. The number of amides is 2. The van der Waals surface area contributed by atoms with Gasteiger partial charge < -0.3 is 22.5 Å². The average molecular weight is 278 g/mol. The van der Waals surface area contributed by atoms with Crippen molar-refractivity contribution in [2.24, 2.45) is 17.2 Å². The monoisotopic (exact) mass is 278 g/mol. The molecular weight excluding hydrogens is 256 g/mol. The molecule has 6 heteroatoms. The minimum atomic E-state index is -0.602. The van der Waals surface area contributed by atoms with Crippen LogP contribution < -0.4 is 22.5 Å². The minimum Gasteiger partial charge on any atom is -0.368 e. The van der Waals surface area contributed by atoms with Crippen LogP contribution in [0.3, 0.4) is 0 Å². The maximum atomic E-state index is 11.8. The Morgan fingerprint density at radius 3 is 2.35 bits per heavy atom. The summed E-state index contributed by atoms with van der Waals surface area (Å²) in [5.74, 6) is -0.609. The van der Waals surface area contributed by atoms with E-state index >= 15 is 0 Å². The summed E-state index contributed by atoms with van der Waals surface area (Å²) in [4.78, 5) is 22.5. The van der Waals surface area contributed by atoms with Crippen LogP contribution in [0.25, 0.3) is 0 Å².